The molecule has 0 spiro atoms. The number of nitrogens with one attached hydrogen (secondary N) is 1. The lowest BCUT2D eigenvalue weighted by molar-refractivity contribution is 0.0953. The fraction of sp³-hybridized carbons (Fsp3) is 0.533. The number of hydrogen-bond acceptors (Lipinski definition) is 3. The van der Waals surface area contributed by atoms with Crippen molar-refractivity contribution in [1.29, 1.82) is 0 Å². The lowest BCUT2D eigenvalue weighted by atomic mass is 10.1. The zero-order valence-electron chi connectivity index (χ0n) is 12.0. The summed E-state index contributed by atoms with van der Waals surface area (Å²) in [5, 5.41) is 0. The number of rotatable bonds is 4. The average Bonchev–Trinajstić information content (AvgIpc) is 2.80. The molecule has 0 bridgehead atoms. The number of amides is 1. The minimum atomic E-state index is -0.266. The smallest absolute Gasteiger partial charge is 0.265 e. The lowest BCUT2D eigenvalue weighted by Crippen LogP contribution is -2.33. The van der Waals surface area contributed by atoms with E-state index in [-0.39, 0.29) is 5.91 Å². The first-order valence-corrected chi connectivity index (χ1v) is 7.91. The number of halogens is 1. The van der Waals surface area contributed by atoms with E-state index >= 15 is 0 Å². The standard InChI is InChI=1S/C15H22BrN3O/c1-3-13-7-4-10(2)19(13)9-12-6-5-11(8-14(12)16)15(20)18-17/h5-6,8,10,13H,3-4,7,9,17H2,1-2H3,(H,18,20). The van der Waals surface area contributed by atoms with Crippen molar-refractivity contribution < 1.29 is 4.79 Å². The van der Waals surface area contributed by atoms with Gasteiger partial charge in [-0.1, -0.05) is 28.9 Å². The largest absolute Gasteiger partial charge is 0.293 e. The van der Waals surface area contributed by atoms with Gasteiger partial charge in [-0.15, -0.1) is 0 Å². The van der Waals surface area contributed by atoms with Crippen LogP contribution in [0.15, 0.2) is 22.7 Å². The molecule has 1 aromatic rings. The Morgan fingerprint density at radius 3 is 2.85 bits per heavy atom. The molecule has 4 nitrogen and oxygen atoms in total. The fourth-order valence-electron chi connectivity index (χ4n) is 2.95. The Balaban J connectivity index is 2.15. The molecule has 0 radical (unpaired) electrons. The van der Waals surface area contributed by atoms with Crippen LogP contribution < -0.4 is 11.3 Å². The van der Waals surface area contributed by atoms with Gasteiger partial charge in [0.05, 0.1) is 0 Å². The van der Waals surface area contributed by atoms with Gasteiger partial charge in [0.2, 0.25) is 0 Å². The summed E-state index contributed by atoms with van der Waals surface area (Å²) in [6.45, 7) is 5.46. The van der Waals surface area contributed by atoms with Crippen molar-refractivity contribution in [2.75, 3.05) is 0 Å². The molecule has 5 heteroatoms. The number of carbonyl (C=O) groups excluding carboxylic acids is 1. The van der Waals surface area contributed by atoms with Crippen molar-refractivity contribution in [1.82, 2.24) is 10.3 Å². The van der Waals surface area contributed by atoms with E-state index < -0.39 is 0 Å². The van der Waals surface area contributed by atoms with Gasteiger partial charge in [0, 0.05) is 28.7 Å². The third kappa shape index (κ3) is 3.22. The maximum Gasteiger partial charge on any atom is 0.265 e. The van der Waals surface area contributed by atoms with E-state index in [2.05, 4.69) is 40.1 Å². The van der Waals surface area contributed by atoms with Crippen molar-refractivity contribution in [2.24, 2.45) is 5.84 Å². The Kier molecular flexibility index (Phi) is 5.18. The first-order chi connectivity index (χ1) is 9.56. The van der Waals surface area contributed by atoms with Gasteiger partial charge in [-0.05, 0) is 43.9 Å². The summed E-state index contributed by atoms with van der Waals surface area (Å²) < 4.78 is 0.965. The van der Waals surface area contributed by atoms with Crippen LogP contribution in [-0.4, -0.2) is 22.9 Å². The number of hydrogen-bond donors (Lipinski definition) is 2. The molecule has 0 aliphatic carbocycles. The van der Waals surface area contributed by atoms with Crippen LogP contribution in [-0.2, 0) is 6.54 Å². The third-order valence-corrected chi connectivity index (χ3v) is 4.96. The molecule has 1 saturated heterocycles. The number of nitrogen functional groups attached to an aromatic ring is 1. The predicted octanol–water partition coefficient (Wildman–Crippen LogP) is 2.82. The molecule has 0 aromatic heterocycles. The van der Waals surface area contributed by atoms with Gasteiger partial charge >= 0.3 is 0 Å². The zero-order valence-corrected chi connectivity index (χ0v) is 13.6. The van der Waals surface area contributed by atoms with Crippen LogP contribution in [0.3, 0.4) is 0 Å². The summed E-state index contributed by atoms with van der Waals surface area (Å²) in [5.41, 5.74) is 3.94. The molecule has 1 heterocycles. The summed E-state index contributed by atoms with van der Waals surface area (Å²) in [6, 6.07) is 6.96. The Bertz CT molecular complexity index is 492. The Labute approximate surface area is 128 Å². The van der Waals surface area contributed by atoms with Gasteiger partial charge in [0.15, 0.2) is 0 Å². The molecule has 1 aliphatic heterocycles. The highest BCUT2D eigenvalue weighted by Gasteiger charge is 2.29. The molecule has 2 rings (SSSR count). The van der Waals surface area contributed by atoms with Crippen LogP contribution in [0.5, 0.6) is 0 Å². The number of benzene rings is 1. The fourth-order valence-corrected chi connectivity index (χ4v) is 3.45. The van der Waals surface area contributed by atoms with Gasteiger partial charge in [-0.2, -0.15) is 0 Å². The zero-order chi connectivity index (χ0) is 14.7. The second kappa shape index (κ2) is 6.70. The Morgan fingerprint density at radius 2 is 2.25 bits per heavy atom. The van der Waals surface area contributed by atoms with Crippen molar-refractivity contribution >= 4 is 21.8 Å². The van der Waals surface area contributed by atoms with Gasteiger partial charge in [-0.3, -0.25) is 15.1 Å². The van der Waals surface area contributed by atoms with Gasteiger partial charge in [0.25, 0.3) is 5.91 Å². The van der Waals surface area contributed by atoms with Crippen molar-refractivity contribution in [2.45, 2.75) is 51.7 Å². The predicted molar refractivity (Wildman–Crippen MR) is 84.1 cm³/mol. The second-order valence-electron chi connectivity index (χ2n) is 5.44. The van der Waals surface area contributed by atoms with Crippen LogP contribution in [0.25, 0.3) is 0 Å². The quantitative estimate of drug-likeness (QED) is 0.503. The molecular formula is C15H22BrN3O. The highest BCUT2D eigenvalue weighted by molar-refractivity contribution is 9.10. The number of likely N-dealkylation sites (tertiary alicyclic amines) is 1. The van der Waals surface area contributed by atoms with Gasteiger partial charge in [-0.25, -0.2) is 5.84 Å². The molecule has 1 fully saturated rings. The molecular weight excluding hydrogens is 318 g/mol. The molecule has 2 unspecified atom stereocenters. The van der Waals surface area contributed by atoms with E-state index in [1.807, 2.05) is 18.2 Å². The number of carbonyl (C=O) groups is 1. The normalized spacial score (nSPS) is 23.0. The summed E-state index contributed by atoms with van der Waals surface area (Å²) in [7, 11) is 0. The van der Waals surface area contributed by atoms with Crippen molar-refractivity contribution in [3.05, 3.63) is 33.8 Å². The van der Waals surface area contributed by atoms with Crippen LogP contribution in [0.4, 0.5) is 0 Å². The van der Waals surface area contributed by atoms with Crippen molar-refractivity contribution in [3.63, 3.8) is 0 Å². The van der Waals surface area contributed by atoms with E-state index in [9.17, 15) is 4.79 Å². The summed E-state index contributed by atoms with van der Waals surface area (Å²) in [6.07, 6.45) is 3.74. The van der Waals surface area contributed by atoms with E-state index in [0.717, 1.165) is 11.0 Å². The highest BCUT2D eigenvalue weighted by Crippen LogP contribution is 2.30. The van der Waals surface area contributed by atoms with Crippen molar-refractivity contribution in [3.8, 4) is 0 Å². The second-order valence-corrected chi connectivity index (χ2v) is 6.29. The third-order valence-electron chi connectivity index (χ3n) is 4.22. The number of hydrazine groups is 1. The van der Waals surface area contributed by atoms with E-state index in [0.29, 0.717) is 17.6 Å². The molecule has 0 saturated carbocycles. The molecule has 20 heavy (non-hydrogen) atoms. The Morgan fingerprint density at radius 1 is 1.50 bits per heavy atom. The minimum absolute atomic E-state index is 0.266. The van der Waals surface area contributed by atoms with E-state index in [1.54, 1.807) is 0 Å². The van der Waals surface area contributed by atoms with E-state index in [1.165, 1.54) is 24.8 Å². The van der Waals surface area contributed by atoms with Gasteiger partial charge < -0.3 is 0 Å². The van der Waals surface area contributed by atoms with E-state index in [4.69, 9.17) is 5.84 Å². The topological polar surface area (TPSA) is 58.4 Å². The summed E-state index contributed by atoms with van der Waals surface area (Å²) in [5.74, 6) is 4.89. The van der Waals surface area contributed by atoms with Gasteiger partial charge in [0.1, 0.15) is 0 Å². The monoisotopic (exact) mass is 339 g/mol. The first-order valence-electron chi connectivity index (χ1n) is 7.12. The molecule has 2 atom stereocenters. The van der Waals surface area contributed by atoms with Crippen LogP contribution in [0.2, 0.25) is 0 Å². The first kappa shape index (κ1) is 15.5. The maximum atomic E-state index is 11.5. The average molecular weight is 340 g/mol. The SMILES string of the molecule is CCC1CCC(C)N1Cc1ccc(C(=O)NN)cc1Br. The molecule has 1 amide bonds. The maximum absolute atomic E-state index is 11.5. The summed E-state index contributed by atoms with van der Waals surface area (Å²) in [4.78, 5) is 14.1. The minimum Gasteiger partial charge on any atom is -0.293 e. The molecule has 3 N–H and O–H groups in total. The van der Waals surface area contributed by atoms with Crippen LogP contribution in [0, 0.1) is 0 Å². The molecule has 1 aromatic carbocycles. The number of nitrogens with two attached hydrogens (primary N) is 1. The lowest BCUT2D eigenvalue weighted by Gasteiger charge is -2.28. The molecule has 1 aliphatic rings. The number of nitrogens with zero attached hydrogens (tertiary/aromatic N) is 1. The van der Waals surface area contributed by atoms with Crippen LogP contribution in [0.1, 0.15) is 49.0 Å². The van der Waals surface area contributed by atoms with Crippen LogP contribution >= 0.6 is 15.9 Å². The summed E-state index contributed by atoms with van der Waals surface area (Å²) >= 11 is 3.57. The highest BCUT2D eigenvalue weighted by atomic mass is 79.9. The molecule has 110 valence electrons. The Hall–Kier alpha value is -0.910.